The maximum absolute atomic E-state index is 3.36. The van der Waals surface area contributed by atoms with Crippen LogP contribution in [0.15, 0.2) is 54.6 Å². The molecular weight excluding hydrogens is 3850 g/mol. The smallest absolute Gasteiger partial charge is 0 e. The van der Waals surface area contributed by atoms with Crippen molar-refractivity contribution in [3.8, 4) is 11.1 Å². The fourth-order valence-corrected chi connectivity index (χ4v) is 2.15. The Bertz CT molecular complexity index is 702. The molecule has 41 heteroatoms. The first-order valence-electron chi connectivity index (χ1n) is 5.73. The van der Waals surface area contributed by atoms with Gasteiger partial charge in [-0.05, 0) is 0 Å². The minimum atomic E-state index is 0. The summed E-state index contributed by atoms with van der Waals surface area (Å²) in [4.78, 5) is 0. The summed E-state index contributed by atoms with van der Waals surface area (Å²) in [7, 11) is 0. The molecule has 41 radical (unpaired) electrons. The van der Waals surface area contributed by atoms with Crippen molar-refractivity contribution < 1.29 is 1340 Å². The van der Waals surface area contributed by atoms with Crippen LogP contribution in [-0.4, -0.2) is 0 Å². The first kappa shape index (κ1) is 263. The van der Waals surface area contributed by atoms with Crippen molar-refractivity contribution in [2.24, 2.45) is 0 Å². The van der Waals surface area contributed by atoms with E-state index in [1.54, 1.807) is 0 Å². The molecule has 0 amide bonds. The molecule has 0 saturated heterocycles. The van der Waals surface area contributed by atoms with Crippen LogP contribution in [0, 0.1) is 19.1 Å². The fourth-order valence-electron chi connectivity index (χ4n) is 2.15. The van der Waals surface area contributed by atoms with Gasteiger partial charge < -0.3 is 0 Å². The van der Waals surface area contributed by atoms with Crippen molar-refractivity contribution in [2.75, 3.05) is 0 Å². The van der Waals surface area contributed by atoms with Gasteiger partial charge in [0.2, 0.25) is 0 Å². The molecule has 0 aliphatic carbocycles. The van der Waals surface area contributed by atoms with Crippen LogP contribution in [0.2, 0.25) is 0 Å². The van der Waals surface area contributed by atoms with E-state index >= 15 is 0 Å². The first-order chi connectivity index (χ1) is 8.36. The normalized spacial score (nSPS) is 3.12. The largest absolute Gasteiger partial charge is 0.226 e. The first-order valence-corrected chi connectivity index (χ1v) is 5.73. The molecule has 0 spiro atoms. The Morgan fingerprint density at radius 3 is 0.707 bits per heavy atom. The average molecular weight is 3860 g/mol. The van der Waals surface area contributed by atoms with Crippen molar-refractivity contribution in [3.05, 3.63) is 72.3 Å². The zero-order valence-electron chi connectivity index (χ0n) is 33.4. The third-order valence-electron chi connectivity index (χ3n) is 3.03. The molecule has 3 aromatic carbocycles. The Morgan fingerprint density at radius 2 is 0.483 bits per heavy atom. The van der Waals surface area contributed by atoms with E-state index in [2.05, 4.69) is 55.5 Å². The predicted molar refractivity (Wildman–Crippen MR) is 71.8 cm³/mol. The van der Waals surface area contributed by atoms with Crippen LogP contribution in [0.1, 0.15) is 5.56 Å². The van der Waals surface area contributed by atoms with Crippen LogP contribution in [-0.2, 0) is 1340 Å². The van der Waals surface area contributed by atoms with Gasteiger partial charge in [-0.2, -0.15) is 36.4 Å². The second-order valence-electron chi connectivity index (χ2n) is 4.17. The summed E-state index contributed by atoms with van der Waals surface area (Å²) in [6.07, 6.45) is 0. The van der Waals surface area contributed by atoms with Gasteiger partial charge in [-0.15, -0.1) is 28.5 Å². The van der Waals surface area contributed by atoms with Gasteiger partial charge in [0.25, 0.3) is 0 Å². The number of fused-ring (bicyclic) bond motifs is 1. The van der Waals surface area contributed by atoms with Crippen molar-refractivity contribution >= 4 is 10.8 Å². The van der Waals surface area contributed by atoms with E-state index in [1.165, 1.54) is 16.3 Å². The predicted octanol–water partition coefficient (Wildman–Crippen LogP) is 4.31. The Morgan fingerprint density at radius 1 is 0.259 bits per heavy atom. The van der Waals surface area contributed by atoms with E-state index < -0.39 is 0 Å². The molecule has 0 atom stereocenters. The molecule has 205 valence electrons. The van der Waals surface area contributed by atoms with E-state index in [0.717, 1.165) is 11.1 Å². The molecule has 0 N–H and O–H groups in total. The Kier molecular flexibility index (Phi) is 932. The molecule has 58 heavy (non-hydrogen) atoms. The topological polar surface area (TPSA) is 0 Å². The second kappa shape index (κ2) is 206. The summed E-state index contributed by atoms with van der Waals surface area (Å²) in [5.74, 6) is 0. The molecule has 0 heterocycles. The molecule has 0 fully saturated rings. The minimum absolute atomic E-state index is 0. The van der Waals surface area contributed by atoms with E-state index in [1.807, 2.05) is 18.2 Å². The van der Waals surface area contributed by atoms with Crippen molar-refractivity contribution in [1.29, 1.82) is 0 Å². The number of hydrogen-bond acceptors (Lipinski definition) is 0. The molecule has 3 aromatic rings. The maximum Gasteiger partial charge on any atom is 0 e. The number of benzene rings is 3. The van der Waals surface area contributed by atoms with Gasteiger partial charge >= 0.3 is 0 Å². The summed E-state index contributed by atoms with van der Waals surface area (Å²) >= 11 is 0. The number of hydrogen-bond donors (Lipinski definition) is 0. The molecule has 0 bridgehead atoms. The number of aryl methyl sites for hydroxylation is 1. The molecule has 0 aromatic heterocycles. The van der Waals surface area contributed by atoms with Gasteiger partial charge in [0.15, 0.2) is 0 Å². The van der Waals surface area contributed by atoms with Gasteiger partial charge in [-0.1, -0.05) is 25.1 Å². The quantitative estimate of drug-likeness (QED) is 0.320. The fraction of sp³-hybridized carbons (Fsp3) is 0.0588. The van der Waals surface area contributed by atoms with Gasteiger partial charge in [-0.25, -0.2) is 11.1 Å². The van der Waals surface area contributed by atoms with Crippen molar-refractivity contribution in [2.45, 2.75) is 6.92 Å². The Hall–Kier alpha value is 43.2. The van der Waals surface area contributed by atoms with Gasteiger partial charge in [0, 0.05) is 1340 Å². The van der Waals surface area contributed by atoms with E-state index in [0.29, 0.717) is 0 Å². The molecule has 0 aliphatic rings. The van der Waals surface area contributed by atoms with Crippen LogP contribution in [0.3, 0.4) is 0 Å². The third kappa shape index (κ3) is 152. The molecule has 0 unspecified atom stereocenters. The van der Waals surface area contributed by atoms with Crippen LogP contribution in [0.5, 0.6) is 0 Å². The number of rotatable bonds is 1. The zero-order valence-corrected chi connectivity index (χ0v) is 150. The van der Waals surface area contributed by atoms with Gasteiger partial charge in [0.05, 0.1) is 0 Å². The van der Waals surface area contributed by atoms with Crippen LogP contribution < -0.4 is 0 Å². The maximum atomic E-state index is 3.36. The van der Waals surface area contributed by atoms with E-state index in [-0.39, 0.29) is 1340 Å². The van der Waals surface area contributed by atoms with E-state index in [9.17, 15) is 0 Å². The summed E-state index contributed by atoms with van der Waals surface area (Å²) in [6.45, 7) is 2.12. The van der Waals surface area contributed by atoms with Crippen molar-refractivity contribution in [1.82, 2.24) is 0 Å². The average Bonchev–Trinajstić information content (AvgIpc) is 2.41. The Labute approximate surface area is 1390 Å². The zero-order chi connectivity index (χ0) is 11.7. The van der Waals surface area contributed by atoms with Crippen LogP contribution in [0.4, 0.5) is 0 Å². The monoisotopic (exact) mass is 3860 g/mol. The SMILES string of the molecule is Cc1c[c-]c(-c2[c-]cccc2)c2ccccc12.[Y].[Y].[Y].[Y].[Y].[Y].[Y].[Y].[Y].[Y].[Y].[Y].[Y].[Y].[Y].[Y].[Y].[Y].[Y].[Y].[Y].[Y].[Y].[Y].[Y].[Y].[Y].[Y].[Y].[Y].[Y].[Y].[Y].[Y].[Y].[Y].[Y].[Y].[Y].[Y].[Y]. The Balaban J connectivity index is -0.00000000238. The van der Waals surface area contributed by atoms with Gasteiger partial charge in [0.1, 0.15) is 0 Å². The molecule has 3 rings (SSSR count). The standard InChI is InChI=1S/C17H12.41Y/c1-13-11-12-16(14-7-3-2-4-8-14)17-10-6-5-9-15(13)17;;;;;;;;;;;;;;;;;;;;;;;;;;;;;;;;;;;;;;;;;/h2-7,9-11H,1H3;;;;;;;;;;;;;;;;;;;;;;;;;;;;;;;;;;;;;;;;;/q-2;;;;;;;;;;;;;;;;;;;;;;;;;;;;;;;;;;;;;;;;;. The minimum Gasteiger partial charge on any atom is -0.226 e. The van der Waals surface area contributed by atoms with Crippen molar-refractivity contribution in [3.63, 3.8) is 0 Å². The molecule has 0 nitrogen and oxygen atoms in total. The third-order valence-corrected chi connectivity index (χ3v) is 3.03. The summed E-state index contributed by atoms with van der Waals surface area (Å²) in [5, 5.41) is 2.54. The molecule has 0 saturated carbocycles. The van der Waals surface area contributed by atoms with Gasteiger partial charge in [-0.3, -0.25) is 0 Å². The van der Waals surface area contributed by atoms with Crippen LogP contribution >= 0.6 is 0 Å². The summed E-state index contributed by atoms with van der Waals surface area (Å²) in [6, 6.07) is 25.2. The summed E-state index contributed by atoms with van der Waals surface area (Å²) < 4.78 is 0. The molecular formula is C17H12Y41-2. The van der Waals surface area contributed by atoms with Crippen LogP contribution in [0.25, 0.3) is 21.9 Å². The second-order valence-corrected chi connectivity index (χ2v) is 4.17. The summed E-state index contributed by atoms with van der Waals surface area (Å²) in [5.41, 5.74) is 3.50. The van der Waals surface area contributed by atoms with E-state index in [4.69, 9.17) is 0 Å². The molecule has 0 aliphatic heterocycles.